The first-order valence-corrected chi connectivity index (χ1v) is 5.03. The molecule has 0 aromatic heterocycles. The van der Waals surface area contributed by atoms with Gasteiger partial charge in [-0.25, -0.2) is 3.21 Å². The number of hydrogen-bond donors (Lipinski definition) is 1. The van der Waals surface area contributed by atoms with Gasteiger partial charge in [-0.2, -0.15) is 0 Å². The Kier molecular flexibility index (Phi) is 3.78. The first kappa shape index (κ1) is 9.45. The van der Waals surface area contributed by atoms with Gasteiger partial charge in [-0.1, -0.05) is 6.92 Å². The predicted molar refractivity (Wildman–Crippen MR) is 55.0 cm³/mol. The first-order chi connectivity index (χ1) is 5.24. The summed E-state index contributed by atoms with van der Waals surface area (Å²) in [6.07, 6.45) is 5.05. The Balaban J connectivity index is 2.39. The van der Waals surface area contributed by atoms with Crippen LogP contribution in [0, 0.1) is 11.8 Å². The van der Waals surface area contributed by atoms with Gasteiger partial charge in [0.1, 0.15) is 0 Å². The van der Waals surface area contributed by atoms with Crippen molar-refractivity contribution in [3.8, 4) is 0 Å². The molecule has 64 valence electrons. The second-order valence-electron chi connectivity index (χ2n) is 3.36. The topological polar surface area (TPSA) is 32.6 Å². The van der Waals surface area contributed by atoms with Crippen LogP contribution in [-0.4, -0.2) is 17.4 Å². The second-order valence-corrected chi connectivity index (χ2v) is 3.92. The first-order valence-electron chi connectivity index (χ1n) is 4.06. The maximum atomic E-state index is 9.42. The van der Waals surface area contributed by atoms with Crippen molar-refractivity contribution in [2.45, 2.75) is 32.3 Å². The Labute approximate surface area is 81.6 Å². The van der Waals surface area contributed by atoms with Crippen molar-refractivity contribution >= 4 is 29.1 Å². The summed E-state index contributed by atoms with van der Waals surface area (Å²) in [5.74, 6) is 1.05. The van der Waals surface area contributed by atoms with E-state index in [0.29, 0.717) is 11.8 Å². The minimum Gasteiger partial charge on any atom is -0.393 e. The summed E-state index contributed by atoms with van der Waals surface area (Å²) >= 11 is 2.01. The molecule has 3 unspecified atom stereocenters. The fourth-order valence-corrected chi connectivity index (χ4v) is 2.09. The molecule has 0 spiro atoms. The number of aliphatic hydroxyl groups is 1. The third-order valence-electron chi connectivity index (χ3n) is 2.43. The highest BCUT2D eigenvalue weighted by Gasteiger charge is 2.24. The number of aliphatic hydroxyl groups excluding tert-OH is 1. The van der Waals surface area contributed by atoms with Crippen molar-refractivity contribution in [2.24, 2.45) is 15.0 Å². The summed E-state index contributed by atoms with van der Waals surface area (Å²) < 4.78 is 3.98. The lowest BCUT2D eigenvalue weighted by Crippen LogP contribution is -2.27. The molecule has 3 atom stereocenters. The Morgan fingerprint density at radius 2 is 2.27 bits per heavy atom. The average Bonchev–Trinajstić information content (AvgIpc) is 1.98. The Hall–Kier alpha value is 0.360. The molecule has 1 saturated carbocycles. The van der Waals surface area contributed by atoms with E-state index >= 15 is 0 Å². The molecule has 3 heteroatoms. The van der Waals surface area contributed by atoms with Crippen LogP contribution in [0.5, 0.6) is 0 Å². The van der Waals surface area contributed by atoms with Crippen LogP contribution in [0.3, 0.4) is 0 Å². The van der Waals surface area contributed by atoms with E-state index in [-0.39, 0.29) is 6.10 Å². The summed E-state index contributed by atoms with van der Waals surface area (Å²) in [5.41, 5.74) is 0. The molecule has 0 saturated heterocycles. The van der Waals surface area contributed by atoms with Gasteiger partial charge in [-0.15, -0.1) is 0 Å². The molecule has 0 amide bonds. The van der Waals surface area contributed by atoms with Gasteiger partial charge in [0, 0.05) is 6.21 Å². The standard InChI is InChI=1S/C8H14INO/c1-6-4-7(5-10-9)2-3-8(6)11/h5-8,11H,2-4H2,1H3. The lowest BCUT2D eigenvalue weighted by atomic mass is 9.81. The molecule has 0 bridgehead atoms. The van der Waals surface area contributed by atoms with Crippen LogP contribution in [-0.2, 0) is 0 Å². The monoisotopic (exact) mass is 267 g/mol. The van der Waals surface area contributed by atoms with Crippen LogP contribution < -0.4 is 0 Å². The molecule has 1 rings (SSSR count). The fourth-order valence-electron chi connectivity index (χ4n) is 1.64. The molecule has 2 nitrogen and oxygen atoms in total. The SMILES string of the molecule is CC1CC(C=NI)CCC1O. The Bertz CT molecular complexity index is 149. The van der Waals surface area contributed by atoms with Crippen molar-refractivity contribution in [2.75, 3.05) is 0 Å². The normalized spacial score (nSPS) is 39.7. The van der Waals surface area contributed by atoms with Crippen molar-refractivity contribution in [1.82, 2.24) is 0 Å². The van der Waals surface area contributed by atoms with Crippen molar-refractivity contribution < 1.29 is 5.11 Å². The predicted octanol–water partition coefficient (Wildman–Crippen LogP) is 2.20. The van der Waals surface area contributed by atoms with Crippen molar-refractivity contribution in [1.29, 1.82) is 0 Å². The maximum absolute atomic E-state index is 9.42. The van der Waals surface area contributed by atoms with Crippen LogP contribution in [0.15, 0.2) is 3.21 Å². The van der Waals surface area contributed by atoms with Crippen molar-refractivity contribution in [3.05, 3.63) is 0 Å². The van der Waals surface area contributed by atoms with Gasteiger partial charge in [-0.05, 0) is 31.1 Å². The van der Waals surface area contributed by atoms with Gasteiger partial charge in [0.2, 0.25) is 0 Å². The van der Waals surface area contributed by atoms with Gasteiger partial charge in [0.25, 0.3) is 0 Å². The highest BCUT2D eigenvalue weighted by atomic mass is 127. The quantitative estimate of drug-likeness (QED) is 0.573. The number of hydrogen-bond acceptors (Lipinski definition) is 2. The zero-order valence-electron chi connectivity index (χ0n) is 6.70. The van der Waals surface area contributed by atoms with Gasteiger partial charge in [0.05, 0.1) is 29.0 Å². The highest BCUT2D eigenvalue weighted by Crippen LogP contribution is 2.27. The van der Waals surface area contributed by atoms with Gasteiger partial charge in [-0.3, -0.25) is 0 Å². The van der Waals surface area contributed by atoms with Gasteiger partial charge < -0.3 is 5.11 Å². The number of rotatable bonds is 1. The van der Waals surface area contributed by atoms with Crippen molar-refractivity contribution in [3.63, 3.8) is 0 Å². The van der Waals surface area contributed by atoms with Crippen LogP contribution in [0.1, 0.15) is 26.2 Å². The molecule has 0 aromatic rings. The molecule has 1 aliphatic carbocycles. The molecule has 1 N–H and O–H groups in total. The Morgan fingerprint density at radius 3 is 2.82 bits per heavy atom. The highest BCUT2D eigenvalue weighted by molar-refractivity contribution is 14.1. The Morgan fingerprint density at radius 1 is 1.55 bits per heavy atom. The fraction of sp³-hybridized carbons (Fsp3) is 0.875. The zero-order valence-corrected chi connectivity index (χ0v) is 8.86. The van der Waals surface area contributed by atoms with E-state index in [2.05, 4.69) is 10.1 Å². The van der Waals surface area contributed by atoms with E-state index in [1.807, 2.05) is 29.1 Å². The summed E-state index contributed by atoms with van der Waals surface area (Å²) in [6, 6.07) is 0. The lowest BCUT2D eigenvalue weighted by molar-refractivity contribution is 0.0701. The summed E-state index contributed by atoms with van der Waals surface area (Å²) in [4.78, 5) is 0. The maximum Gasteiger partial charge on any atom is 0.0827 e. The minimum atomic E-state index is -0.0751. The van der Waals surface area contributed by atoms with E-state index < -0.39 is 0 Å². The van der Waals surface area contributed by atoms with Crippen LogP contribution in [0.4, 0.5) is 0 Å². The molecule has 0 radical (unpaired) electrons. The number of halogens is 1. The number of nitrogens with zero attached hydrogens (tertiary/aromatic N) is 1. The summed E-state index contributed by atoms with van der Waals surface area (Å²) in [5, 5.41) is 9.42. The largest absolute Gasteiger partial charge is 0.393 e. The average molecular weight is 267 g/mol. The van der Waals surface area contributed by atoms with Crippen LogP contribution in [0.25, 0.3) is 0 Å². The summed E-state index contributed by atoms with van der Waals surface area (Å²) in [7, 11) is 0. The molecule has 1 fully saturated rings. The van der Waals surface area contributed by atoms with Gasteiger partial charge in [0.15, 0.2) is 0 Å². The van der Waals surface area contributed by atoms with Gasteiger partial charge >= 0.3 is 0 Å². The van der Waals surface area contributed by atoms with Crippen LogP contribution >= 0.6 is 22.9 Å². The minimum absolute atomic E-state index is 0.0751. The molecular weight excluding hydrogens is 253 g/mol. The second kappa shape index (κ2) is 4.40. The van der Waals surface area contributed by atoms with E-state index in [4.69, 9.17) is 0 Å². The smallest absolute Gasteiger partial charge is 0.0827 e. The third kappa shape index (κ3) is 2.71. The van der Waals surface area contributed by atoms with E-state index in [0.717, 1.165) is 19.3 Å². The van der Waals surface area contributed by atoms with E-state index in [1.165, 1.54) is 0 Å². The molecule has 0 heterocycles. The lowest BCUT2D eigenvalue weighted by Gasteiger charge is -2.28. The third-order valence-corrected chi connectivity index (χ3v) is 2.75. The molecule has 0 aromatic carbocycles. The van der Waals surface area contributed by atoms with E-state index in [1.54, 1.807) is 0 Å². The molecule has 11 heavy (non-hydrogen) atoms. The van der Waals surface area contributed by atoms with E-state index in [9.17, 15) is 5.11 Å². The molecular formula is C8H14INO. The zero-order chi connectivity index (χ0) is 8.27. The van der Waals surface area contributed by atoms with Crippen LogP contribution in [0.2, 0.25) is 0 Å². The summed E-state index contributed by atoms with van der Waals surface area (Å²) in [6.45, 7) is 2.11. The molecule has 0 aliphatic heterocycles. The molecule has 1 aliphatic rings.